The van der Waals surface area contributed by atoms with Crippen molar-refractivity contribution in [3.05, 3.63) is 18.2 Å². The number of anilines is 1. The molecule has 0 radical (unpaired) electrons. The van der Waals surface area contributed by atoms with Crippen LogP contribution in [-0.2, 0) is 0 Å². The third kappa shape index (κ3) is 4.53. The quantitative estimate of drug-likeness (QED) is 0.766. The van der Waals surface area contributed by atoms with E-state index in [9.17, 15) is 5.11 Å². The van der Waals surface area contributed by atoms with Crippen LogP contribution < -0.4 is 14.8 Å². The third-order valence-electron chi connectivity index (χ3n) is 2.14. The first kappa shape index (κ1) is 13.6. The highest BCUT2D eigenvalue weighted by molar-refractivity contribution is 5.54. The normalized spacial score (nSPS) is 12.0. The molecule has 96 valence electrons. The van der Waals surface area contributed by atoms with Gasteiger partial charge in [-0.1, -0.05) is 0 Å². The molecule has 0 saturated carbocycles. The zero-order valence-corrected chi connectivity index (χ0v) is 10.7. The van der Waals surface area contributed by atoms with Crippen molar-refractivity contribution in [2.24, 2.45) is 0 Å². The van der Waals surface area contributed by atoms with Crippen LogP contribution in [0.1, 0.15) is 20.8 Å². The van der Waals surface area contributed by atoms with Crippen LogP contribution >= 0.6 is 0 Å². The van der Waals surface area contributed by atoms with E-state index in [0.29, 0.717) is 19.8 Å². The minimum Gasteiger partial charge on any atom is -0.490 e. The second-order valence-electron chi connectivity index (χ2n) is 3.76. The molecule has 0 fully saturated rings. The van der Waals surface area contributed by atoms with Gasteiger partial charge in [-0.3, -0.25) is 0 Å². The minimum atomic E-state index is -0.378. The number of nitrogens with one attached hydrogen (secondary N) is 1. The van der Waals surface area contributed by atoms with E-state index in [2.05, 4.69) is 5.32 Å². The number of aliphatic hydroxyl groups excluding tert-OH is 1. The summed E-state index contributed by atoms with van der Waals surface area (Å²) in [6.45, 7) is 7.34. The van der Waals surface area contributed by atoms with Crippen molar-refractivity contribution in [3.8, 4) is 11.5 Å². The van der Waals surface area contributed by atoms with Gasteiger partial charge >= 0.3 is 0 Å². The first-order valence-corrected chi connectivity index (χ1v) is 5.99. The van der Waals surface area contributed by atoms with Crippen LogP contribution in [0, 0.1) is 0 Å². The van der Waals surface area contributed by atoms with E-state index in [0.717, 1.165) is 17.2 Å². The Morgan fingerprint density at radius 3 is 2.41 bits per heavy atom. The summed E-state index contributed by atoms with van der Waals surface area (Å²) in [6.07, 6.45) is -0.378. The summed E-state index contributed by atoms with van der Waals surface area (Å²) in [4.78, 5) is 0. The molecular weight excluding hydrogens is 218 g/mol. The lowest BCUT2D eigenvalue weighted by Gasteiger charge is -2.14. The zero-order chi connectivity index (χ0) is 12.7. The standard InChI is InChI=1S/C13H21NO3/c1-4-16-12-7-6-11(14-9-10(3)15)8-13(12)17-5-2/h6-8,10,14-15H,4-5,9H2,1-3H3. The number of hydrogen-bond donors (Lipinski definition) is 2. The highest BCUT2D eigenvalue weighted by Gasteiger charge is 2.06. The molecule has 0 spiro atoms. The predicted molar refractivity (Wildman–Crippen MR) is 69.0 cm³/mol. The molecule has 0 saturated heterocycles. The molecule has 0 heterocycles. The average molecular weight is 239 g/mol. The van der Waals surface area contributed by atoms with Gasteiger partial charge in [-0.25, -0.2) is 0 Å². The van der Waals surface area contributed by atoms with Crippen LogP contribution in [0.3, 0.4) is 0 Å². The first-order chi connectivity index (χ1) is 8.17. The van der Waals surface area contributed by atoms with Crippen LogP contribution in [-0.4, -0.2) is 31.0 Å². The molecule has 0 aliphatic carbocycles. The Labute approximate surface area is 103 Å². The van der Waals surface area contributed by atoms with Gasteiger partial charge in [0, 0.05) is 18.3 Å². The second kappa shape index (κ2) is 7.01. The maximum absolute atomic E-state index is 9.21. The third-order valence-corrected chi connectivity index (χ3v) is 2.14. The van der Waals surface area contributed by atoms with E-state index >= 15 is 0 Å². The molecule has 2 N–H and O–H groups in total. The molecule has 1 atom stereocenters. The second-order valence-corrected chi connectivity index (χ2v) is 3.76. The Kier molecular flexibility index (Phi) is 5.63. The first-order valence-electron chi connectivity index (χ1n) is 5.99. The Hall–Kier alpha value is -1.42. The molecule has 0 aliphatic rings. The summed E-state index contributed by atoms with van der Waals surface area (Å²) >= 11 is 0. The van der Waals surface area contributed by atoms with Crippen molar-refractivity contribution in [2.75, 3.05) is 25.1 Å². The topological polar surface area (TPSA) is 50.7 Å². The lowest BCUT2D eigenvalue weighted by atomic mass is 10.2. The fourth-order valence-electron chi connectivity index (χ4n) is 1.43. The largest absolute Gasteiger partial charge is 0.490 e. The molecule has 1 rings (SSSR count). The van der Waals surface area contributed by atoms with Crippen molar-refractivity contribution >= 4 is 5.69 Å². The number of rotatable bonds is 7. The molecule has 4 heteroatoms. The molecule has 17 heavy (non-hydrogen) atoms. The van der Waals surface area contributed by atoms with E-state index in [-0.39, 0.29) is 6.10 Å². The summed E-state index contributed by atoms with van der Waals surface area (Å²) in [6, 6.07) is 5.67. The van der Waals surface area contributed by atoms with Crippen LogP contribution in [0.4, 0.5) is 5.69 Å². The van der Waals surface area contributed by atoms with Gasteiger partial charge in [-0.15, -0.1) is 0 Å². The number of hydrogen-bond acceptors (Lipinski definition) is 4. The maximum atomic E-state index is 9.21. The molecular formula is C13H21NO3. The van der Waals surface area contributed by atoms with Crippen molar-refractivity contribution in [1.29, 1.82) is 0 Å². The van der Waals surface area contributed by atoms with Crippen molar-refractivity contribution < 1.29 is 14.6 Å². The Bertz CT molecular complexity index is 339. The SMILES string of the molecule is CCOc1ccc(NCC(C)O)cc1OCC. The van der Waals surface area contributed by atoms with Crippen molar-refractivity contribution in [2.45, 2.75) is 26.9 Å². The van der Waals surface area contributed by atoms with E-state index in [1.54, 1.807) is 6.92 Å². The number of ether oxygens (including phenoxy) is 2. The molecule has 4 nitrogen and oxygen atoms in total. The molecule has 1 aromatic rings. The van der Waals surface area contributed by atoms with Crippen molar-refractivity contribution in [3.63, 3.8) is 0 Å². The molecule has 0 amide bonds. The number of benzene rings is 1. The Morgan fingerprint density at radius 2 is 1.82 bits per heavy atom. The van der Waals surface area contributed by atoms with Gasteiger partial charge in [0.05, 0.1) is 19.3 Å². The average Bonchev–Trinajstić information content (AvgIpc) is 2.30. The molecule has 0 aromatic heterocycles. The predicted octanol–water partition coefficient (Wildman–Crippen LogP) is 2.28. The molecule has 1 unspecified atom stereocenters. The molecule has 1 aromatic carbocycles. The van der Waals surface area contributed by atoms with Gasteiger partial charge in [-0.2, -0.15) is 0 Å². The highest BCUT2D eigenvalue weighted by Crippen LogP contribution is 2.30. The van der Waals surface area contributed by atoms with Crippen molar-refractivity contribution in [1.82, 2.24) is 0 Å². The highest BCUT2D eigenvalue weighted by atomic mass is 16.5. The Morgan fingerprint density at radius 1 is 1.18 bits per heavy atom. The summed E-state index contributed by atoms with van der Waals surface area (Å²) in [5, 5.41) is 12.3. The summed E-state index contributed by atoms with van der Waals surface area (Å²) < 4.78 is 11.0. The van der Waals surface area contributed by atoms with Gasteiger partial charge in [0.2, 0.25) is 0 Å². The Balaban J connectivity index is 2.77. The molecule has 0 aliphatic heterocycles. The van der Waals surface area contributed by atoms with Gasteiger partial charge in [0.15, 0.2) is 11.5 Å². The maximum Gasteiger partial charge on any atom is 0.163 e. The fraction of sp³-hybridized carbons (Fsp3) is 0.538. The van der Waals surface area contributed by atoms with Crippen LogP contribution in [0.25, 0.3) is 0 Å². The van der Waals surface area contributed by atoms with Gasteiger partial charge < -0.3 is 19.9 Å². The van der Waals surface area contributed by atoms with Gasteiger partial charge in [0.25, 0.3) is 0 Å². The summed E-state index contributed by atoms with van der Waals surface area (Å²) in [7, 11) is 0. The zero-order valence-electron chi connectivity index (χ0n) is 10.7. The summed E-state index contributed by atoms with van der Waals surface area (Å²) in [5.41, 5.74) is 0.915. The van der Waals surface area contributed by atoms with E-state index in [1.807, 2.05) is 32.0 Å². The van der Waals surface area contributed by atoms with Crippen LogP contribution in [0.2, 0.25) is 0 Å². The van der Waals surface area contributed by atoms with E-state index in [1.165, 1.54) is 0 Å². The monoisotopic (exact) mass is 239 g/mol. The lowest BCUT2D eigenvalue weighted by molar-refractivity contribution is 0.208. The number of aliphatic hydroxyl groups is 1. The van der Waals surface area contributed by atoms with Crippen LogP contribution in [0.15, 0.2) is 18.2 Å². The lowest BCUT2D eigenvalue weighted by Crippen LogP contribution is -2.15. The van der Waals surface area contributed by atoms with Gasteiger partial charge in [-0.05, 0) is 32.9 Å². The van der Waals surface area contributed by atoms with E-state index < -0.39 is 0 Å². The van der Waals surface area contributed by atoms with E-state index in [4.69, 9.17) is 9.47 Å². The minimum absolute atomic E-state index is 0.378. The molecule has 0 bridgehead atoms. The smallest absolute Gasteiger partial charge is 0.163 e. The van der Waals surface area contributed by atoms with Gasteiger partial charge in [0.1, 0.15) is 0 Å². The van der Waals surface area contributed by atoms with Crippen LogP contribution in [0.5, 0.6) is 11.5 Å². The summed E-state index contributed by atoms with van der Waals surface area (Å²) in [5.74, 6) is 1.47. The fourth-order valence-corrected chi connectivity index (χ4v) is 1.43.